The molecule has 2 saturated carbocycles. The van der Waals surface area contributed by atoms with E-state index in [-0.39, 0.29) is 24.1 Å². The largest absolute Gasteiger partial charge is 0.459 e. The predicted octanol–water partition coefficient (Wildman–Crippen LogP) is 3.85. The molecule has 0 aliphatic heterocycles. The second-order valence-corrected chi connectivity index (χ2v) is 6.32. The lowest BCUT2D eigenvalue weighted by molar-refractivity contribution is -0.144. The van der Waals surface area contributed by atoms with Crippen molar-refractivity contribution in [1.29, 1.82) is 0 Å². The van der Waals surface area contributed by atoms with Crippen molar-refractivity contribution in [1.82, 2.24) is 0 Å². The third-order valence-corrected chi connectivity index (χ3v) is 4.38. The van der Waals surface area contributed by atoms with Gasteiger partial charge in [0.2, 0.25) is 0 Å². The van der Waals surface area contributed by atoms with E-state index in [0.29, 0.717) is 11.1 Å². The molecule has 0 amide bonds. The van der Waals surface area contributed by atoms with Crippen molar-refractivity contribution < 1.29 is 19.1 Å². The Morgan fingerprint density at radius 2 is 1.05 bits per heavy atom. The van der Waals surface area contributed by atoms with E-state index >= 15 is 0 Å². The van der Waals surface area contributed by atoms with Gasteiger partial charge in [0.1, 0.15) is 12.2 Å². The first-order valence-electron chi connectivity index (χ1n) is 8.33. The molecular formula is C18H26O4. The molecule has 0 aromatic heterocycles. The van der Waals surface area contributed by atoms with Gasteiger partial charge in [-0.2, -0.15) is 0 Å². The lowest BCUT2D eigenvalue weighted by atomic mass is 10.2. The molecule has 0 heterocycles. The highest BCUT2D eigenvalue weighted by molar-refractivity contribution is 5.90. The van der Waals surface area contributed by atoms with Crippen LogP contribution < -0.4 is 0 Å². The van der Waals surface area contributed by atoms with Crippen LogP contribution in [0.5, 0.6) is 0 Å². The molecule has 22 heavy (non-hydrogen) atoms. The van der Waals surface area contributed by atoms with Gasteiger partial charge in [-0.05, 0) is 65.2 Å². The maximum atomic E-state index is 11.9. The predicted molar refractivity (Wildman–Crippen MR) is 84.2 cm³/mol. The Labute approximate surface area is 132 Å². The van der Waals surface area contributed by atoms with Crippen LogP contribution in [0.1, 0.15) is 65.2 Å². The quantitative estimate of drug-likeness (QED) is 0.440. The number of rotatable bonds is 5. The van der Waals surface area contributed by atoms with E-state index in [1.54, 1.807) is 26.0 Å². The highest BCUT2D eigenvalue weighted by atomic mass is 16.5. The average molecular weight is 306 g/mol. The summed E-state index contributed by atoms with van der Waals surface area (Å²) in [7, 11) is 0. The Balaban J connectivity index is 1.83. The topological polar surface area (TPSA) is 52.6 Å². The molecule has 2 aliphatic carbocycles. The van der Waals surface area contributed by atoms with E-state index in [4.69, 9.17) is 9.47 Å². The molecule has 0 unspecified atom stereocenters. The first kappa shape index (κ1) is 16.8. The molecule has 0 saturated heterocycles. The van der Waals surface area contributed by atoms with Crippen molar-refractivity contribution in [3.05, 3.63) is 23.3 Å². The van der Waals surface area contributed by atoms with Gasteiger partial charge in [-0.25, -0.2) is 9.59 Å². The number of hydrogen-bond donors (Lipinski definition) is 0. The van der Waals surface area contributed by atoms with Gasteiger partial charge in [-0.1, -0.05) is 12.2 Å². The minimum atomic E-state index is -0.292. The first-order chi connectivity index (χ1) is 10.6. The van der Waals surface area contributed by atoms with Crippen molar-refractivity contribution in [2.45, 2.75) is 77.4 Å². The van der Waals surface area contributed by atoms with Gasteiger partial charge < -0.3 is 9.47 Å². The summed E-state index contributed by atoms with van der Waals surface area (Å²) in [6.07, 6.45) is 11.8. The molecular weight excluding hydrogens is 280 g/mol. The fourth-order valence-electron chi connectivity index (χ4n) is 2.89. The van der Waals surface area contributed by atoms with Crippen LogP contribution in [-0.4, -0.2) is 24.1 Å². The van der Waals surface area contributed by atoms with Crippen LogP contribution in [-0.2, 0) is 19.1 Å². The maximum Gasteiger partial charge on any atom is 0.333 e. The van der Waals surface area contributed by atoms with Crippen molar-refractivity contribution in [3.63, 3.8) is 0 Å². The zero-order chi connectivity index (χ0) is 15.9. The molecule has 4 heteroatoms. The van der Waals surface area contributed by atoms with E-state index in [0.717, 1.165) is 51.4 Å². The third-order valence-electron chi connectivity index (χ3n) is 4.38. The smallest absolute Gasteiger partial charge is 0.333 e. The Bertz CT molecular complexity index is 419. The van der Waals surface area contributed by atoms with Crippen molar-refractivity contribution in [2.24, 2.45) is 0 Å². The zero-order valence-corrected chi connectivity index (χ0v) is 13.6. The summed E-state index contributed by atoms with van der Waals surface area (Å²) in [5, 5.41) is 0. The third kappa shape index (κ3) is 5.00. The van der Waals surface area contributed by atoms with Gasteiger partial charge in [0.15, 0.2) is 0 Å². The Hall–Kier alpha value is -1.58. The monoisotopic (exact) mass is 306 g/mol. The second-order valence-electron chi connectivity index (χ2n) is 6.32. The van der Waals surface area contributed by atoms with Gasteiger partial charge >= 0.3 is 11.9 Å². The number of allylic oxidation sites excluding steroid dienone is 2. The Morgan fingerprint density at radius 1 is 0.727 bits per heavy atom. The summed E-state index contributed by atoms with van der Waals surface area (Å²) in [5.74, 6) is -0.583. The van der Waals surface area contributed by atoms with Gasteiger partial charge in [-0.3, -0.25) is 0 Å². The molecule has 0 N–H and O–H groups in total. The van der Waals surface area contributed by atoms with E-state index in [2.05, 4.69) is 0 Å². The molecule has 2 fully saturated rings. The molecule has 0 aromatic rings. The minimum absolute atomic E-state index is 0.0632. The Kier molecular flexibility index (Phi) is 6.22. The van der Waals surface area contributed by atoms with Crippen molar-refractivity contribution >= 4 is 11.9 Å². The summed E-state index contributed by atoms with van der Waals surface area (Å²) in [6, 6.07) is 0. The number of ether oxygens (including phenoxy) is 2. The van der Waals surface area contributed by atoms with E-state index in [1.165, 1.54) is 0 Å². The summed E-state index contributed by atoms with van der Waals surface area (Å²) >= 11 is 0. The van der Waals surface area contributed by atoms with Crippen LogP contribution in [0.4, 0.5) is 0 Å². The molecule has 0 radical (unpaired) electrons. The van der Waals surface area contributed by atoms with Crippen molar-refractivity contribution in [2.75, 3.05) is 0 Å². The summed E-state index contributed by atoms with van der Waals surface area (Å²) < 4.78 is 10.8. The molecule has 4 nitrogen and oxygen atoms in total. The van der Waals surface area contributed by atoms with Crippen molar-refractivity contribution in [3.8, 4) is 0 Å². The molecule has 0 aromatic carbocycles. The SMILES string of the molecule is C/C(=C\C=C(/C)C(=O)OC1CCCC1)C(=O)OC1CCCC1. The first-order valence-corrected chi connectivity index (χ1v) is 8.33. The van der Waals surface area contributed by atoms with Crippen LogP contribution in [0, 0.1) is 0 Å². The van der Waals surface area contributed by atoms with Crippen LogP contribution >= 0.6 is 0 Å². The average Bonchev–Trinajstić information content (AvgIpc) is 3.17. The fourth-order valence-corrected chi connectivity index (χ4v) is 2.89. The molecule has 0 atom stereocenters. The van der Waals surface area contributed by atoms with Gasteiger partial charge in [0, 0.05) is 11.1 Å². The number of hydrogen-bond acceptors (Lipinski definition) is 4. The zero-order valence-electron chi connectivity index (χ0n) is 13.6. The van der Waals surface area contributed by atoms with Crippen LogP contribution in [0.2, 0.25) is 0 Å². The van der Waals surface area contributed by atoms with Crippen LogP contribution in [0.15, 0.2) is 23.3 Å². The van der Waals surface area contributed by atoms with Gasteiger partial charge in [0.25, 0.3) is 0 Å². The van der Waals surface area contributed by atoms with Crippen LogP contribution in [0.25, 0.3) is 0 Å². The summed E-state index contributed by atoms with van der Waals surface area (Å²) in [6.45, 7) is 3.42. The molecule has 0 bridgehead atoms. The molecule has 2 aliphatic rings. The summed E-state index contributed by atoms with van der Waals surface area (Å²) in [4.78, 5) is 23.8. The number of carbonyl (C=O) groups excluding carboxylic acids is 2. The highest BCUT2D eigenvalue weighted by Gasteiger charge is 2.21. The van der Waals surface area contributed by atoms with E-state index in [9.17, 15) is 9.59 Å². The lowest BCUT2D eigenvalue weighted by Crippen LogP contribution is -2.16. The summed E-state index contributed by atoms with van der Waals surface area (Å²) in [5.41, 5.74) is 1.03. The second kappa shape index (κ2) is 8.16. The minimum Gasteiger partial charge on any atom is -0.459 e. The molecule has 122 valence electrons. The van der Waals surface area contributed by atoms with Crippen LogP contribution in [0.3, 0.4) is 0 Å². The normalized spacial score (nSPS) is 21.2. The molecule has 2 rings (SSSR count). The van der Waals surface area contributed by atoms with Gasteiger partial charge in [-0.15, -0.1) is 0 Å². The fraction of sp³-hybridized carbons (Fsp3) is 0.667. The number of esters is 2. The standard InChI is InChI=1S/C18H26O4/c1-13(17(19)21-15-7-3-4-8-15)11-12-14(2)18(20)22-16-9-5-6-10-16/h11-12,15-16H,3-10H2,1-2H3/b13-11+,14-12+. The van der Waals surface area contributed by atoms with E-state index in [1.807, 2.05) is 0 Å². The number of carbonyl (C=O) groups is 2. The lowest BCUT2D eigenvalue weighted by Gasteiger charge is -2.12. The maximum absolute atomic E-state index is 11.9. The van der Waals surface area contributed by atoms with E-state index < -0.39 is 0 Å². The van der Waals surface area contributed by atoms with Gasteiger partial charge in [0.05, 0.1) is 0 Å². The highest BCUT2D eigenvalue weighted by Crippen LogP contribution is 2.23. The molecule has 0 spiro atoms. The Morgan fingerprint density at radius 3 is 1.36 bits per heavy atom.